The lowest BCUT2D eigenvalue weighted by atomic mass is 10.6. The number of nitrogens with zero attached hydrogens (tertiary/aromatic N) is 1. The van der Waals surface area contributed by atoms with Gasteiger partial charge >= 0.3 is 0 Å². The van der Waals surface area contributed by atoms with Crippen molar-refractivity contribution in [2.75, 3.05) is 26.0 Å². The summed E-state index contributed by atoms with van der Waals surface area (Å²) >= 11 is 0.977. The molecule has 0 radical (unpaired) electrons. The maximum atomic E-state index is 11.4. The lowest BCUT2D eigenvalue weighted by Crippen LogP contribution is -2.29. The summed E-state index contributed by atoms with van der Waals surface area (Å²) in [4.78, 5) is 28.4. The minimum Gasteiger partial charge on any atom is -0.334 e. The van der Waals surface area contributed by atoms with Gasteiger partial charge in [-0.25, -0.2) is 5.48 Å². The standard InChI is InChI=1S/C8H16N2O3S/c1-4-10(5-2)8(12)14-6-7(11)9-13-3/h4-6H2,1-3H3,(H,9,11). The summed E-state index contributed by atoms with van der Waals surface area (Å²) in [7, 11) is 1.36. The fraction of sp³-hybridized carbons (Fsp3) is 0.750. The summed E-state index contributed by atoms with van der Waals surface area (Å²) in [6, 6.07) is 0. The lowest BCUT2D eigenvalue weighted by molar-refractivity contribution is -0.128. The van der Waals surface area contributed by atoms with Crippen LogP contribution < -0.4 is 5.48 Å². The summed E-state index contributed by atoms with van der Waals surface area (Å²) in [5, 5.41) is -0.0822. The van der Waals surface area contributed by atoms with Crippen molar-refractivity contribution in [3.63, 3.8) is 0 Å². The Morgan fingerprint density at radius 3 is 2.36 bits per heavy atom. The van der Waals surface area contributed by atoms with Crippen molar-refractivity contribution in [2.24, 2.45) is 0 Å². The second kappa shape index (κ2) is 7.64. The van der Waals surface area contributed by atoms with Gasteiger partial charge in [0.05, 0.1) is 12.9 Å². The molecule has 0 aromatic carbocycles. The van der Waals surface area contributed by atoms with Gasteiger partial charge in [-0.2, -0.15) is 0 Å². The highest BCUT2D eigenvalue weighted by atomic mass is 32.2. The van der Waals surface area contributed by atoms with Crippen LogP contribution in [0.5, 0.6) is 0 Å². The molecule has 0 aromatic rings. The van der Waals surface area contributed by atoms with E-state index in [0.717, 1.165) is 11.8 Å². The van der Waals surface area contributed by atoms with Gasteiger partial charge in [-0.3, -0.25) is 14.4 Å². The predicted octanol–water partition coefficient (Wildman–Crippen LogP) is 0.859. The third kappa shape index (κ3) is 5.08. The van der Waals surface area contributed by atoms with Crippen LogP contribution >= 0.6 is 11.8 Å². The fourth-order valence-corrected chi connectivity index (χ4v) is 1.60. The van der Waals surface area contributed by atoms with Gasteiger partial charge in [0.2, 0.25) is 0 Å². The zero-order valence-corrected chi connectivity index (χ0v) is 9.52. The van der Waals surface area contributed by atoms with Crippen molar-refractivity contribution < 1.29 is 14.4 Å². The molecular weight excluding hydrogens is 204 g/mol. The van der Waals surface area contributed by atoms with E-state index in [0.29, 0.717) is 13.1 Å². The highest BCUT2D eigenvalue weighted by Crippen LogP contribution is 2.07. The molecule has 14 heavy (non-hydrogen) atoms. The molecule has 0 rings (SSSR count). The van der Waals surface area contributed by atoms with Gasteiger partial charge < -0.3 is 4.90 Å². The molecule has 0 aliphatic carbocycles. The van der Waals surface area contributed by atoms with E-state index in [1.165, 1.54) is 7.11 Å². The van der Waals surface area contributed by atoms with E-state index in [9.17, 15) is 9.59 Å². The smallest absolute Gasteiger partial charge is 0.282 e. The van der Waals surface area contributed by atoms with Crippen molar-refractivity contribution in [1.29, 1.82) is 0 Å². The van der Waals surface area contributed by atoms with Crippen LogP contribution in [0.15, 0.2) is 0 Å². The first-order valence-electron chi connectivity index (χ1n) is 4.39. The van der Waals surface area contributed by atoms with Crippen LogP contribution in [0.3, 0.4) is 0 Å². The number of nitrogens with one attached hydrogen (secondary N) is 1. The molecule has 0 fully saturated rings. The molecule has 1 N–H and O–H groups in total. The first kappa shape index (κ1) is 13.2. The Labute approximate surface area is 88.1 Å². The second-order valence-corrected chi connectivity index (χ2v) is 3.38. The van der Waals surface area contributed by atoms with Crippen molar-refractivity contribution in [1.82, 2.24) is 10.4 Å². The van der Waals surface area contributed by atoms with Gasteiger partial charge in [0.15, 0.2) is 0 Å². The average Bonchev–Trinajstić information content (AvgIpc) is 2.17. The number of hydrogen-bond acceptors (Lipinski definition) is 4. The fourth-order valence-electron chi connectivity index (χ4n) is 0.844. The SMILES string of the molecule is CCN(CC)C(=O)SCC(=O)NOC. The zero-order chi connectivity index (χ0) is 11.0. The molecular formula is C8H16N2O3S. The van der Waals surface area contributed by atoms with Gasteiger partial charge in [-0.1, -0.05) is 11.8 Å². The first-order chi connectivity index (χ1) is 6.65. The number of amides is 2. The molecule has 0 atom stereocenters. The number of hydroxylamine groups is 1. The monoisotopic (exact) mass is 220 g/mol. The van der Waals surface area contributed by atoms with Crippen LogP contribution in [0.1, 0.15) is 13.8 Å². The summed E-state index contributed by atoms with van der Waals surface area (Å²) < 4.78 is 0. The largest absolute Gasteiger partial charge is 0.334 e. The van der Waals surface area contributed by atoms with Gasteiger partial charge in [0.25, 0.3) is 11.1 Å². The molecule has 82 valence electrons. The Morgan fingerprint density at radius 1 is 1.36 bits per heavy atom. The molecule has 0 saturated carbocycles. The highest BCUT2D eigenvalue weighted by Gasteiger charge is 2.12. The minimum atomic E-state index is -0.307. The van der Waals surface area contributed by atoms with Crippen LogP contribution in [0, 0.1) is 0 Å². The van der Waals surface area contributed by atoms with Gasteiger partial charge in [-0.15, -0.1) is 0 Å². The topological polar surface area (TPSA) is 58.6 Å². The molecule has 0 bridgehead atoms. The van der Waals surface area contributed by atoms with Gasteiger partial charge in [-0.05, 0) is 13.8 Å². The summed E-state index contributed by atoms with van der Waals surface area (Å²) in [6.45, 7) is 5.12. The quantitative estimate of drug-likeness (QED) is 0.698. The first-order valence-corrected chi connectivity index (χ1v) is 5.37. The summed E-state index contributed by atoms with van der Waals surface area (Å²) in [5.41, 5.74) is 2.15. The number of carbonyl (C=O) groups excluding carboxylic acids is 2. The molecule has 6 heteroatoms. The normalized spacial score (nSPS) is 9.64. The molecule has 0 aromatic heterocycles. The van der Waals surface area contributed by atoms with Crippen LogP contribution in [-0.2, 0) is 9.63 Å². The van der Waals surface area contributed by atoms with Crippen molar-refractivity contribution >= 4 is 22.9 Å². The molecule has 0 heterocycles. The number of thioether (sulfide) groups is 1. The zero-order valence-electron chi connectivity index (χ0n) is 8.70. The van der Waals surface area contributed by atoms with E-state index in [1.807, 2.05) is 13.8 Å². The predicted molar refractivity (Wildman–Crippen MR) is 55.9 cm³/mol. The average molecular weight is 220 g/mol. The molecule has 0 unspecified atom stereocenters. The Kier molecular flexibility index (Phi) is 7.23. The van der Waals surface area contributed by atoms with E-state index < -0.39 is 0 Å². The van der Waals surface area contributed by atoms with Crippen LogP contribution in [0.4, 0.5) is 4.79 Å². The Balaban J connectivity index is 3.77. The maximum absolute atomic E-state index is 11.4. The second-order valence-electron chi connectivity index (χ2n) is 2.46. The summed E-state index contributed by atoms with van der Waals surface area (Å²) in [5.74, 6) is -0.221. The van der Waals surface area contributed by atoms with E-state index in [-0.39, 0.29) is 16.9 Å². The third-order valence-corrected chi connectivity index (χ3v) is 2.48. The number of hydrogen-bond donors (Lipinski definition) is 1. The van der Waals surface area contributed by atoms with Crippen LogP contribution in [-0.4, -0.2) is 42.0 Å². The van der Waals surface area contributed by atoms with E-state index in [4.69, 9.17) is 0 Å². The van der Waals surface area contributed by atoms with E-state index in [2.05, 4.69) is 10.3 Å². The van der Waals surface area contributed by atoms with Gasteiger partial charge in [0, 0.05) is 13.1 Å². The maximum Gasteiger partial charge on any atom is 0.282 e. The van der Waals surface area contributed by atoms with E-state index >= 15 is 0 Å². The Morgan fingerprint density at radius 2 is 1.93 bits per heavy atom. The summed E-state index contributed by atoms with van der Waals surface area (Å²) in [6.07, 6.45) is 0. The van der Waals surface area contributed by atoms with Crippen LogP contribution in [0.25, 0.3) is 0 Å². The molecule has 0 aliphatic rings. The Hall–Kier alpha value is -0.750. The van der Waals surface area contributed by atoms with E-state index in [1.54, 1.807) is 4.90 Å². The number of carbonyl (C=O) groups is 2. The van der Waals surface area contributed by atoms with Crippen molar-refractivity contribution in [2.45, 2.75) is 13.8 Å². The van der Waals surface area contributed by atoms with Gasteiger partial charge in [0.1, 0.15) is 0 Å². The minimum absolute atomic E-state index is 0.0822. The Bertz CT molecular complexity index is 195. The number of rotatable bonds is 5. The molecule has 0 saturated heterocycles. The van der Waals surface area contributed by atoms with Crippen molar-refractivity contribution in [3.8, 4) is 0 Å². The lowest BCUT2D eigenvalue weighted by Gasteiger charge is -2.17. The van der Waals surface area contributed by atoms with Crippen LogP contribution in [0.2, 0.25) is 0 Å². The van der Waals surface area contributed by atoms with Crippen molar-refractivity contribution in [3.05, 3.63) is 0 Å². The molecule has 2 amide bonds. The third-order valence-electron chi connectivity index (χ3n) is 1.56. The molecule has 0 aliphatic heterocycles. The highest BCUT2D eigenvalue weighted by molar-refractivity contribution is 8.14. The molecule has 5 nitrogen and oxygen atoms in total. The molecule has 0 spiro atoms.